The number of nitrogens with zero attached hydrogens (tertiary/aromatic N) is 5. The van der Waals surface area contributed by atoms with Gasteiger partial charge in [0.15, 0.2) is 5.13 Å². The zero-order valence-corrected chi connectivity index (χ0v) is 21.3. The second kappa shape index (κ2) is 10.8. The number of nitrogens with one attached hydrogen (secondary N) is 2. The molecule has 35 heavy (non-hydrogen) atoms. The van der Waals surface area contributed by atoms with Crippen LogP contribution in [-0.4, -0.2) is 57.8 Å². The summed E-state index contributed by atoms with van der Waals surface area (Å²) in [6, 6.07) is 7.31. The molecule has 1 aromatic carbocycles. The molecule has 1 fully saturated rings. The van der Waals surface area contributed by atoms with Crippen LogP contribution in [-0.2, 0) is 4.79 Å². The fourth-order valence-corrected chi connectivity index (χ4v) is 4.68. The lowest BCUT2D eigenvalue weighted by Crippen LogP contribution is -2.48. The largest absolute Gasteiger partial charge is 0.353 e. The van der Waals surface area contributed by atoms with Gasteiger partial charge in [-0.3, -0.25) is 9.59 Å². The number of piperazine rings is 1. The van der Waals surface area contributed by atoms with E-state index in [-0.39, 0.29) is 11.8 Å². The van der Waals surface area contributed by atoms with Gasteiger partial charge in [0, 0.05) is 32.2 Å². The molecule has 1 aliphatic rings. The van der Waals surface area contributed by atoms with E-state index in [1.54, 1.807) is 18.2 Å². The zero-order chi connectivity index (χ0) is 24.9. The Morgan fingerprint density at radius 1 is 1.14 bits per heavy atom. The van der Waals surface area contributed by atoms with Gasteiger partial charge in [0.05, 0.1) is 16.9 Å². The molecule has 1 aliphatic heterocycles. The molecular weight excluding hydrogens is 486 g/mol. The molecule has 11 heteroatoms. The van der Waals surface area contributed by atoms with Gasteiger partial charge in [-0.05, 0) is 38.5 Å². The first kappa shape index (κ1) is 24.6. The Labute approximate surface area is 212 Å². The molecule has 3 heterocycles. The Hall–Kier alpha value is -3.50. The van der Waals surface area contributed by atoms with E-state index in [0.29, 0.717) is 58.5 Å². The van der Waals surface area contributed by atoms with Crippen molar-refractivity contribution in [3.8, 4) is 0 Å². The summed E-state index contributed by atoms with van der Waals surface area (Å²) in [5.74, 6) is 1.73. The van der Waals surface area contributed by atoms with Gasteiger partial charge in [-0.1, -0.05) is 41.1 Å². The Bertz CT molecular complexity index is 1250. The molecule has 182 valence electrons. The first-order chi connectivity index (χ1) is 16.8. The molecule has 0 saturated carbocycles. The van der Waals surface area contributed by atoms with Gasteiger partial charge in [-0.2, -0.15) is 0 Å². The minimum Gasteiger partial charge on any atom is -0.353 e. The van der Waals surface area contributed by atoms with E-state index in [9.17, 15) is 9.59 Å². The summed E-state index contributed by atoms with van der Waals surface area (Å²) in [4.78, 5) is 42.6. The van der Waals surface area contributed by atoms with Crippen molar-refractivity contribution in [3.63, 3.8) is 0 Å². The monoisotopic (exact) mass is 511 g/mol. The number of aryl methyl sites for hydroxylation is 2. The molecular formula is C24H26ClN7O2S. The molecule has 2 aromatic heterocycles. The van der Waals surface area contributed by atoms with Crippen molar-refractivity contribution in [1.29, 1.82) is 0 Å². The molecule has 1 saturated heterocycles. The summed E-state index contributed by atoms with van der Waals surface area (Å²) in [7, 11) is 0. The van der Waals surface area contributed by atoms with Crippen molar-refractivity contribution in [1.82, 2.24) is 19.9 Å². The Morgan fingerprint density at radius 3 is 2.63 bits per heavy atom. The molecule has 0 radical (unpaired) electrons. The molecule has 0 unspecified atom stereocenters. The van der Waals surface area contributed by atoms with E-state index in [4.69, 9.17) is 11.6 Å². The Morgan fingerprint density at radius 2 is 1.91 bits per heavy atom. The average molecular weight is 512 g/mol. The maximum absolute atomic E-state index is 12.7. The summed E-state index contributed by atoms with van der Waals surface area (Å²) < 4.78 is 0. The van der Waals surface area contributed by atoms with Crippen molar-refractivity contribution in [3.05, 3.63) is 63.9 Å². The SMILES string of the molecule is CC=CC(=O)N1CCN(c2cc(Nc3ncc(C(=O)Nc4c(C)cccc4Cl)s3)nc(C)n2)CC1. The highest BCUT2D eigenvalue weighted by Gasteiger charge is 2.21. The van der Waals surface area contributed by atoms with Gasteiger partial charge in [0.2, 0.25) is 5.91 Å². The fraction of sp³-hybridized carbons (Fsp3) is 0.292. The molecule has 0 bridgehead atoms. The molecule has 3 aromatic rings. The van der Waals surface area contributed by atoms with Crippen LogP contribution in [0, 0.1) is 13.8 Å². The van der Waals surface area contributed by atoms with Gasteiger partial charge in [0.1, 0.15) is 22.3 Å². The quantitative estimate of drug-likeness (QED) is 0.472. The average Bonchev–Trinajstić information content (AvgIpc) is 3.30. The van der Waals surface area contributed by atoms with Crippen molar-refractivity contribution in [2.45, 2.75) is 20.8 Å². The third kappa shape index (κ3) is 5.95. The highest BCUT2D eigenvalue weighted by molar-refractivity contribution is 7.17. The molecule has 2 amide bonds. The predicted molar refractivity (Wildman–Crippen MR) is 140 cm³/mol. The smallest absolute Gasteiger partial charge is 0.267 e. The van der Waals surface area contributed by atoms with Crippen LogP contribution in [0.5, 0.6) is 0 Å². The van der Waals surface area contributed by atoms with Crippen LogP contribution in [0.3, 0.4) is 0 Å². The van der Waals surface area contributed by atoms with Crippen molar-refractivity contribution in [2.75, 3.05) is 41.7 Å². The molecule has 0 spiro atoms. The number of carbonyl (C=O) groups is 2. The Kier molecular flexibility index (Phi) is 7.62. The number of amides is 2. The van der Waals surface area contributed by atoms with E-state index in [0.717, 1.165) is 11.4 Å². The number of halogens is 1. The van der Waals surface area contributed by atoms with Crippen molar-refractivity contribution < 1.29 is 9.59 Å². The van der Waals surface area contributed by atoms with Crippen LogP contribution in [0.1, 0.15) is 28.0 Å². The van der Waals surface area contributed by atoms with Crippen LogP contribution in [0.4, 0.5) is 22.5 Å². The van der Waals surface area contributed by atoms with E-state index < -0.39 is 0 Å². The zero-order valence-electron chi connectivity index (χ0n) is 19.7. The normalized spacial score (nSPS) is 13.8. The van der Waals surface area contributed by atoms with Crippen molar-refractivity contribution >= 4 is 57.2 Å². The summed E-state index contributed by atoms with van der Waals surface area (Å²) in [6.45, 7) is 8.17. The number of allylic oxidation sites excluding steroid dienone is 1. The number of rotatable bonds is 6. The Balaban J connectivity index is 1.42. The number of hydrogen-bond donors (Lipinski definition) is 2. The lowest BCUT2D eigenvalue weighted by atomic mass is 10.2. The third-order valence-corrected chi connectivity index (χ3v) is 6.70. The van der Waals surface area contributed by atoms with Crippen LogP contribution < -0.4 is 15.5 Å². The maximum atomic E-state index is 12.7. The minimum atomic E-state index is -0.281. The summed E-state index contributed by atoms with van der Waals surface area (Å²) in [6.07, 6.45) is 4.86. The molecule has 0 atom stereocenters. The van der Waals surface area contributed by atoms with Gasteiger partial charge in [0.25, 0.3) is 5.91 Å². The van der Waals surface area contributed by atoms with E-state index in [1.807, 2.05) is 43.9 Å². The number of thiazole rings is 1. The molecule has 2 N–H and O–H groups in total. The standard InChI is InChI=1S/C24H26ClN7O2S/c1-4-6-21(33)32-11-9-31(10-12-32)20-13-19(27-16(3)28-20)29-24-26-14-18(35-24)23(34)30-22-15(2)7-5-8-17(22)25/h4-8,13-14H,9-12H2,1-3H3,(H,30,34)(H,26,27,28,29). The summed E-state index contributed by atoms with van der Waals surface area (Å²) in [5.41, 5.74) is 1.47. The van der Waals surface area contributed by atoms with Gasteiger partial charge in [-0.15, -0.1) is 0 Å². The second-order valence-corrected chi connectivity index (χ2v) is 9.45. The number of aromatic nitrogens is 3. The number of para-hydroxylation sites is 1. The number of carbonyl (C=O) groups excluding carboxylic acids is 2. The first-order valence-electron chi connectivity index (χ1n) is 11.2. The second-order valence-electron chi connectivity index (χ2n) is 8.01. The topological polar surface area (TPSA) is 103 Å². The highest BCUT2D eigenvalue weighted by atomic mass is 35.5. The van der Waals surface area contributed by atoms with E-state index in [1.165, 1.54) is 17.5 Å². The third-order valence-electron chi connectivity index (χ3n) is 5.47. The van der Waals surface area contributed by atoms with Crippen LogP contribution in [0.15, 0.2) is 42.6 Å². The summed E-state index contributed by atoms with van der Waals surface area (Å²) >= 11 is 7.45. The van der Waals surface area contributed by atoms with E-state index in [2.05, 4.69) is 30.5 Å². The van der Waals surface area contributed by atoms with Gasteiger partial charge >= 0.3 is 0 Å². The maximum Gasteiger partial charge on any atom is 0.267 e. The molecule has 0 aliphatic carbocycles. The highest BCUT2D eigenvalue weighted by Crippen LogP contribution is 2.28. The number of anilines is 4. The minimum absolute atomic E-state index is 0.0293. The van der Waals surface area contributed by atoms with Gasteiger partial charge in [-0.25, -0.2) is 15.0 Å². The number of hydrogen-bond acceptors (Lipinski definition) is 8. The van der Waals surface area contributed by atoms with E-state index >= 15 is 0 Å². The molecule has 9 nitrogen and oxygen atoms in total. The first-order valence-corrected chi connectivity index (χ1v) is 12.3. The van der Waals surface area contributed by atoms with Crippen LogP contribution in [0.25, 0.3) is 0 Å². The fourth-order valence-electron chi connectivity index (χ4n) is 3.69. The van der Waals surface area contributed by atoms with Crippen LogP contribution >= 0.6 is 22.9 Å². The lowest BCUT2D eigenvalue weighted by Gasteiger charge is -2.35. The summed E-state index contributed by atoms with van der Waals surface area (Å²) in [5, 5.41) is 7.06. The predicted octanol–water partition coefficient (Wildman–Crippen LogP) is 4.42. The number of benzene rings is 1. The van der Waals surface area contributed by atoms with Crippen LogP contribution in [0.2, 0.25) is 5.02 Å². The molecule has 4 rings (SSSR count). The van der Waals surface area contributed by atoms with Crippen molar-refractivity contribution in [2.24, 2.45) is 0 Å². The van der Waals surface area contributed by atoms with Gasteiger partial charge < -0.3 is 20.4 Å². The lowest BCUT2D eigenvalue weighted by molar-refractivity contribution is -0.126.